The third-order valence-corrected chi connectivity index (χ3v) is 4.87. The summed E-state index contributed by atoms with van der Waals surface area (Å²) in [5, 5.41) is 5.12. The summed E-state index contributed by atoms with van der Waals surface area (Å²) in [6.07, 6.45) is 0.783. The van der Waals surface area contributed by atoms with Gasteiger partial charge in [0.05, 0.1) is 17.9 Å². The topological polar surface area (TPSA) is 49.4 Å². The summed E-state index contributed by atoms with van der Waals surface area (Å²) in [5.41, 5.74) is 0. The zero-order valence-corrected chi connectivity index (χ0v) is 11.1. The highest BCUT2D eigenvalue weighted by Crippen LogP contribution is 2.37. The molecule has 96 valence electrons. The number of nitrogens with zero attached hydrogens (tertiary/aromatic N) is 1. The average molecular weight is 264 g/mol. The summed E-state index contributed by atoms with van der Waals surface area (Å²) in [6.45, 7) is 3.32. The van der Waals surface area contributed by atoms with E-state index in [4.69, 9.17) is 0 Å². The minimum Gasteiger partial charge on any atom is -0.315 e. The third-order valence-electron chi connectivity index (χ3n) is 3.89. The Hall–Kier alpha value is -1.20. The van der Waals surface area contributed by atoms with Gasteiger partial charge in [-0.05, 0) is 17.9 Å². The predicted octanol–water partition coefficient (Wildman–Crippen LogP) is 1.40. The van der Waals surface area contributed by atoms with Crippen molar-refractivity contribution >= 4 is 23.2 Å². The highest BCUT2D eigenvalue weighted by molar-refractivity contribution is 7.10. The Kier molecular flexibility index (Phi) is 2.95. The van der Waals surface area contributed by atoms with E-state index in [0.29, 0.717) is 13.1 Å². The molecule has 2 aliphatic rings. The highest BCUT2D eigenvalue weighted by atomic mass is 32.1. The van der Waals surface area contributed by atoms with Gasteiger partial charge in [-0.15, -0.1) is 11.3 Å². The number of carbonyl (C=O) groups is 2. The van der Waals surface area contributed by atoms with E-state index in [2.05, 4.69) is 5.32 Å². The number of thiophene rings is 1. The van der Waals surface area contributed by atoms with Crippen LogP contribution in [0.2, 0.25) is 0 Å². The fourth-order valence-electron chi connectivity index (χ4n) is 2.96. The standard InChI is InChI=1S/C13H16N2O2S/c1-2-10(11-4-3-5-18-11)15-12(16)8-6-14-7-9(8)13(15)17/h3-5,8-10,14H,2,6-7H2,1H3/t8-,9+,10?. The van der Waals surface area contributed by atoms with Crippen molar-refractivity contribution < 1.29 is 9.59 Å². The molecule has 1 aromatic heterocycles. The van der Waals surface area contributed by atoms with E-state index in [9.17, 15) is 9.59 Å². The first kappa shape index (κ1) is 11.9. The van der Waals surface area contributed by atoms with Gasteiger partial charge in [0, 0.05) is 18.0 Å². The monoisotopic (exact) mass is 264 g/mol. The number of fused-ring (bicyclic) bond motifs is 1. The molecule has 0 aliphatic carbocycles. The van der Waals surface area contributed by atoms with Crippen molar-refractivity contribution in [2.24, 2.45) is 11.8 Å². The molecule has 18 heavy (non-hydrogen) atoms. The molecule has 2 aliphatic heterocycles. The SMILES string of the molecule is CCC(c1cccs1)N1C(=O)[C@H]2CNC[C@H]2C1=O. The number of nitrogens with one attached hydrogen (secondary N) is 1. The van der Waals surface area contributed by atoms with Crippen molar-refractivity contribution in [3.63, 3.8) is 0 Å². The number of imide groups is 1. The minimum absolute atomic E-state index is 0.00949. The molecule has 0 spiro atoms. The van der Waals surface area contributed by atoms with Gasteiger partial charge in [0.25, 0.3) is 0 Å². The lowest BCUT2D eigenvalue weighted by Gasteiger charge is -2.25. The lowest BCUT2D eigenvalue weighted by Crippen LogP contribution is -2.37. The van der Waals surface area contributed by atoms with Crippen LogP contribution in [-0.2, 0) is 9.59 Å². The van der Waals surface area contributed by atoms with Crippen LogP contribution in [0.1, 0.15) is 24.3 Å². The van der Waals surface area contributed by atoms with Gasteiger partial charge >= 0.3 is 0 Å². The molecule has 3 rings (SSSR count). The van der Waals surface area contributed by atoms with Crippen LogP contribution >= 0.6 is 11.3 Å². The smallest absolute Gasteiger partial charge is 0.235 e. The van der Waals surface area contributed by atoms with Crippen molar-refractivity contribution in [1.29, 1.82) is 0 Å². The predicted molar refractivity (Wildman–Crippen MR) is 69.1 cm³/mol. The maximum absolute atomic E-state index is 12.4. The summed E-state index contributed by atoms with van der Waals surface area (Å²) in [7, 11) is 0. The van der Waals surface area contributed by atoms with Gasteiger partial charge in [-0.3, -0.25) is 14.5 Å². The molecule has 0 bridgehead atoms. The number of hydrogen-bond acceptors (Lipinski definition) is 4. The zero-order valence-electron chi connectivity index (χ0n) is 10.3. The molecule has 1 N–H and O–H groups in total. The first-order valence-electron chi connectivity index (χ1n) is 6.35. The van der Waals surface area contributed by atoms with E-state index in [1.807, 2.05) is 24.4 Å². The molecule has 2 amide bonds. The third kappa shape index (κ3) is 1.61. The normalized spacial score (nSPS) is 28.8. The molecule has 1 aromatic rings. The van der Waals surface area contributed by atoms with Crippen LogP contribution in [0.15, 0.2) is 17.5 Å². The Balaban J connectivity index is 1.92. The van der Waals surface area contributed by atoms with E-state index in [-0.39, 0.29) is 29.7 Å². The number of amides is 2. The molecule has 0 saturated carbocycles. The Morgan fingerprint density at radius 1 is 1.39 bits per heavy atom. The summed E-state index contributed by atoms with van der Waals surface area (Å²) in [4.78, 5) is 27.3. The van der Waals surface area contributed by atoms with Gasteiger partial charge in [0.1, 0.15) is 0 Å². The largest absolute Gasteiger partial charge is 0.315 e. The molecule has 3 heterocycles. The van der Waals surface area contributed by atoms with Gasteiger partial charge in [-0.25, -0.2) is 0 Å². The van der Waals surface area contributed by atoms with Crippen LogP contribution in [0.4, 0.5) is 0 Å². The molecule has 4 nitrogen and oxygen atoms in total. The molecular formula is C13H16N2O2S. The fraction of sp³-hybridized carbons (Fsp3) is 0.538. The Bertz CT molecular complexity index is 449. The molecule has 0 aromatic carbocycles. The van der Waals surface area contributed by atoms with Crippen LogP contribution in [0.25, 0.3) is 0 Å². The zero-order chi connectivity index (χ0) is 12.7. The van der Waals surface area contributed by atoms with Crippen molar-refractivity contribution in [1.82, 2.24) is 10.2 Å². The molecule has 1 unspecified atom stereocenters. The van der Waals surface area contributed by atoms with E-state index >= 15 is 0 Å². The quantitative estimate of drug-likeness (QED) is 0.840. The van der Waals surface area contributed by atoms with E-state index in [1.54, 1.807) is 11.3 Å². The summed E-state index contributed by atoms with van der Waals surface area (Å²) in [6, 6.07) is 3.90. The van der Waals surface area contributed by atoms with Gasteiger partial charge in [-0.1, -0.05) is 13.0 Å². The second-order valence-corrected chi connectivity index (χ2v) is 5.84. The summed E-state index contributed by atoms with van der Waals surface area (Å²) >= 11 is 1.61. The van der Waals surface area contributed by atoms with Gasteiger partial charge < -0.3 is 5.32 Å². The number of carbonyl (C=O) groups excluding carboxylic acids is 2. The first-order chi connectivity index (χ1) is 8.74. The lowest BCUT2D eigenvalue weighted by molar-refractivity contribution is -0.143. The number of likely N-dealkylation sites (tertiary alicyclic amines) is 1. The number of rotatable bonds is 3. The summed E-state index contributed by atoms with van der Waals surface area (Å²) in [5.74, 6) is -0.247. The summed E-state index contributed by atoms with van der Waals surface area (Å²) < 4.78 is 0. The Labute approximate surface area is 110 Å². The van der Waals surface area contributed by atoms with Crippen molar-refractivity contribution in [3.05, 3.63) is 22.4 Å². The average Bonchev–Trinajstić information content (AvgIpc) is 3.06. The van der Waals surface area contributed by atoms with Crippen LogP contribution in [0.3, 0.4) is 0 Å². The second-order valence-electron chi connectivity index (χ2n) is 4.86. The van der Waals surface area contributed by atoms with Gasteiger partial charge in [-0.2, -0.15) is 0 Å². The molecule has 5 heteroatoms. The lowest BCUT2D eigenvalue weighted by atomic mass is 10.00. The Morgan fingerprint density at radius 3 is 2.56 bits per heavy atom. The van der Waals surface area contributed by atoms with Crippen LogP contribution in [-0.4, -0.2) is 29.8 Å². The molecule has 3 atom stereocenters. The first-order valence-corrected chi connectivity index (χ1v) is 7.23. The number of hydrogen-bond donors (Lipinski definition) is 1. The van der Waals surface area contributed by atoms with Crippen LogP contribution in [0, 0.1) is 11.8 Å². The van der Waals surface area contributed by atoms with Crippen molar-refractivity contribution in [2.45, 2.75) is 19.4 Å². The highest BCUT2D eigenvalue weighted by Gasteiger charge is 2.51. The molecular weight excluding hydrogens is 248 g/mol. The maximum atomic E-state index is 12.4. The van der Waals surface area contributed by atoms with E-state index < -0.39 is 0 Å². The van der Waals surface area contributed by atoms with Crippen molar-refractivity contribution in [3.8, 4) is 0 Å². The minimum atomic E-state index is -0.133. The van der Waals surface area contributed by atoms with E-state index in [0.717, 1.165) is 11.3 Å². The Morgan fingerprint density at radius 2 is 2.06 bits per heavy atom. The molecule has 0 radical (unpaired) electrons. The molecule has 2 saturated heterocycles. The van der Waals surface area contributed by atoms with Gasteiger partial charge in [0.2, 0.25) is 11.8 Å². The van der Waals surface area contributed by atoms with Crippen molar-refractivity contribution in [2.75, 3.05) is 13.1 Å². The maximum Gasteiger partial charge on any atom is 0.235 e. The van der Waals surface area contributed by atoms with Crippen LogP contribution < -0.4 is 5.32 Å². The van der Waals surface area contributed by atoms with Gasteiger partial charge in [0.15, 0.2) is 0 Å². The molecule has 2 fully saturated rings. The van der Waals surface area contributed by atoms with Crippen LogP contribution in [0.5, 0.6) is 0 Å². The fourth-order valence-corrected chi connectivity index (χ4v) is 3.86. The van der Waals surface area contributed by atoms with E-state index in [1.165, 1.54) is 4.90 Å². The second kappa shape index (κ2) is 4.48.